The van der Waals surface area contributed by atoms with Crippen LogP contribution in [0.2, 0.25) is 0 Å². The summed E-state index contributed by atoms with van der Waals surface area (Å²) in [6.07, 6.45) is 0.860. The number of hydrogen-bond acceptors (Lipinski definition) is 4. The summed E-state index contributed by atoms with van der Waals surface area (Å²) in [7, 11) is 1.49. The lowest BCUT2D eigenvalue weighted by atomic mass is 10.1. The molecule has 0 fully saturated rings. The van der Waals surface area contributed by atoms with E-state index in [4.69, 9.17) is 10.5 Å². The Bertz CT molecular complexity index is 164. The van der Waals surface area contributed by atoms with Gasteiger partial charge in [0.2, 0.25) is 5.91 Å². The fourth-order valence-electron chi connectivity index (χ4n) is 1.04. The van der Waals surface area contributed by atoms with Crippen LogP contribution in [0.4, 0.5) is 0 Å². The van der Waals surface area contributed by atoms with Crippen LogP contribution in [0, 0.1) is 0 Å². The van der Waals surface area contributed by atoms with Crippen LogP contribution in [0.25, 0.3) is 0 Å². The van der Waals surface area contributed by atoms with Crippen LogP contribution in [0.15, 0.2) is 0 Å². The molecular formula is C9H20N2O3. The molecule has 5 nitrogen and oxygen atoms in total. The summed E-state index contributed by atoms with van der Waals surface area (Å²) in [6, 6.07) is -0.477. The third-order valence-electron chi connectivity index (χ3n) is 1.81. The van der Waals surface area contributed by atoms with E-state index in [9.17, 15) is 9.90 Å². The Morgan fingerprint density at radius 3 is 2.79 bits per heavy atom. The van der Waals surface area contributed by atoms with E-state index in [1.807, 2.05) is 6.92 Å². The highest BCUT2D eigenvalue weighted by atomic mass is 16.5. The van der Waals surface area contributed by atoms with E-state index < -0.39 is 12.1 Å². The van der Waals surface area contributed by atoms with Gasteiger partial charge in [0.1, 0.15) is 0 Å². The first-order valence-corrected chi connectivity index (χ1v) is 4.82. The number of rotatable bonds is 7. The minimum Gasteiger partial charge on any atom is -0.389 e. The molecule has 1 amide bonds. The highest BCUT2D eigenvalue weighted by Gasteiger charge is 2.13. The summed E-state index contributed by atoms with van der Waals surface area (Å²) in [4.78, 5) is 11.3. The number of carbonyl (C=O) groups is 1. The van der Waals surface area contributed by atoms with Gasteiger partial charge in [-0.15, -0.1) is 0 Å². The minimum absolute atomic E-state index is 0.185. The highest BCUT2D eigenvalue weighted by Crippen LogP contribution is 1.93. The Labute approximate surface area is 84.6 Å². The second kappa shape index (κ2) is 7.73. The van der Waals surface area contributed by atoms with Gasteiger partial charge in [0, 0.05) is 13.7 Å². The largest absolute Gasteiger partial charge is 0.389 e. The number of methoxy groups -OCH3 is 1. The van der Waals surface area contributed by atoms with Crippen LogP contribution in [-0.2, 0) is 9.53 Å². The fraction of sp³-hybridized carbons (Fsp3) is 0.889. The van der Waals surface area contributed by atoms with Crippen molar-refractivity contribution >= 4 is 5.91 Å². The summed E-state index contributed by atoms with van der Waals surface area (Å²) in [5.41, 5.74) is 5.56. The van der Waals surface area contributed by atoms with Crippen molar-refractivity contribution in [3.8, 4) is 0 Å². The van der Waals surface area contributed by atoms with Crippen LogP contribution in [0.1, 0.15) is 19.8 Å². The fourth-order valence-corrected chi connectivity index (χ4v) is 1.04. The molecule has 0 saturated carbocycles. The molecule has 14 heavy (non-hydrogen) atoms. The van der Waals surface area contributed by atoms with Crippen molar-refractivity contribution in [3.63, 3.8) is 0 Å². The monoisotopic (exact) mass is 204 g/mol. The van der Waals surface area contributed by atoms with Gasteiger partial charge in [-0.1, -0.05) is 13.3 Å². The molecule has 0 aromatic carbocycles. The molecule has 0 saturated heterocycles. The van der Waals surface area contributed by atoms with E-state index in [1.165, 1.54) is 7.11 Å². The molecule has 0 aliphatic carbocycles. The molecule has 0 aliphatic heterocycles. The van der Waals surface area contributed by atoms with Crippen LogP contribution in [0.3, 0.4) is 0 Å². The van der Waals surface area contributed by atoms with E-state index in [0.29, 0.717) is 6.42 Å². The quantitative estimate of drug-likeness (QED) is 0.509. The number of hydrogen-bond donors (Lipinski definition) is 3. The first-order valence-electron chi connectivity index (χ1n) is 4.82. The molecule has 1 unspecified atom stereocenters. The van der Waals surface area contributed by atoms with Gasteiger partial charge < -0.3 is 20.9 Å². The number of aliphatic hydroxyl groups is 1. The number of ether oxygens (including phenoxy) is 1. The average molecular weight is 204 g/mol. The maximum Gasteiger partial charge on any atom is 0.237 e. The smallest absolute Gasteiger partial charge is 0.237 e. The Balaban J connectivity index is 3.61. The van der Waals surface area contributed by atoms with Gasteiger partial charge in [0.05, 0.1) is 18.8 Å². The highest BCUT2D eigenvalue weighted by molar-refractivity contribution is 5.81. The van der Waals surface area contributed by atoms with Gasteiger partial charge in [0.25, 0.3) is 0 Å². The van der Waals surface area contributed by atoms with Crippen LogP contribution in [-0.4, -0.2) is 43.4 Å². The average Bonchev–Trinajstić information content (AvgIpc) is 2.15. The zero-order valence-electron chi connectivity index (χ0n) is 8.82. The van der Waals surface area contributed by atoms with Gasteiger partial charge >= 0.3 is 0 Å². The van der Waals surface area contributed by atoms with E-state index in [1.54, 1.807) is 0 Å². The Morgan fingerprint density at radius 1 is 1.64 bits per heavy atom. The topological polar surface area (TPSA) is 84.6 Å². The number of amides is 1. The van der Waals surface area contributed by atoms with E-state index in [0.717, 1.165) is 6.42 Å². The van der Waals surface area contributed by atoms with Crippen molar-refractivity contribution in [1.29, 1.82) is 0 Å². The third kappa shape index (κ3) is 5.90. The zero-order valence-corrected chi connectivity index (χ0v) is 8.82. The number of carbonyl (C=O) groups excluding carboxylic acids is 1. The lowest BCUT2D eigenvalue weighted by Gasteiger charge is -2.14. The molecule has 0 aromatic rings. The standard InChI is InChI=1S/C9H20N2O3/c1-3-4-8(10)9(13)11-5-7(12)6-14-2/h7-8,12H,3-6,10H2,1-2H3,(H,11,13)/t7?,8-/m0/s1. The molecule has 0 spiro atoms. The minimum atomic E-state index is -0.669. The summed E-state index contributed by atoms with van der Waals surface area (Å²) >= 11 is 0. The van der Waals surface area contributed by atoms with E-state index in [-0.39, 0.29) is 19.1 Å². The third-order valence-corrected chi connectivity index (χ3v) is 1.81. The Morgan fingerprint density at radius 2 is 2.29 bits per heavy atom. The zero-order chi connectivity index (χ0) is 11.0. The maximum atomic E-state index is 11.3. The van der Waals surface area contributed by atoms with Crippen molar-refractivity contribution in [2.75, 3.05) is 20.3 Å². The van der Waals surface area contributed by atoms with E-state index in [2.05, 4.69) is 5.32 Å². The Hall–Kier alpha value is -0.650. The summed E-state index contributed by atoms with van der Waals surface area (Å²) in [6.45, 7) is 2.36. The van der Waals surface area contributed by atoms with Crippen LogP contribution >= 0.6 is 0 Å². The normalized spacial score (nSPS) is 14.9. The molecule has 0 aliphatic rings. The SMILES string of the molecule is CCC[C@H](N)C(=O)NCC(O)COC. The van der Waals surface area contributed by atoms with Crippen molar-refractivity contribution in [3.05, 3.63) is 0 Å². The number of aliphatic hydroxyl groups excluding tert-OH is 1. The molecule has 4 N–H and O–H groups in total. The van der Waals surface area contributed by atoms with Crippen LogP contribution in [0.5, 0.6) is 0 Å². The number of nitrogens with one attached hydrogen (secondary N) is 1. The second-order valence-electron chi connectivity index (χ2n) is 3.25. The molecule has 0 aromatic heterocycles. The molecule has 2 atom stereocenters. The predicted molar refractivity (Wildman–Crippen MR) is 53.8 cm³/mol. The Kier molecular flexibility index (Phi) is 7.37. The lowest BCUT2D eigenvalue weighted by Crippen LogP contribution is -2.44. The molecule has 0 rings (SSSR count). The molecule has 5 heteroatoms. The van der Waals surface area contributed by atoms with Gasteiger partial charge in [-0.05, 0) is 6.42 Å². The van der Waals surface area contributed by atoms with Crippen molar-refractivity contribution in [1.82, 2.24) is 5.32 Å². The van der Waals surface area contributed by atoms with Crippen LogP contribution < -0.4 is 11.1 Å². The summed E-state index contributed by atoms with van der Waals surface area (Å²) in [5.74, 6) is -0.220. The lowest BCUT2D eigenvalue weighted by molar-refractivity contribution is -0.123. The van der Waals surface area contributed by atoms with Crippen molar-refractivity contribution in [2.45, 2.75) is 31.9 Å². The van der Waals surface area contributed by atoms with Crippen molar-refractivity contribution in [2.24, 2.45) is 5.73 Å². The van der Waals surface area contributed by atoms with Crippen molar-refractivity contribution < 1.29 is 14.6 Å². The first-order chi connectivity index (χ1) is 6.61. The number of nitrogens with two attached hydrogens (primary N) is 1. The molecule has 0 bridgehead atoms. The predicted octanol–water partition coefficient (Wildman–Crippen LogP) is -0.763. The molecule has 0 heterocycles. The second-order valence-corrected chi connectivity index (χ2v) is 3.25. The maximum absolute atomic E-state index is 11.3. The van der Waals surface area contributed by atoms with Gasteiger partial charge in [-0.2, -0.15) is 0 Å². The molecular weight excluding hydrogens is 184 g/mol. The van der Waals surface area contributed by atoms with E-state index >= 15 is 0 Å². The summed E-state index contributed by atoms with van der Waals surface area (Å²) in [5, 5.41) is 11.8. The van der Waals surface area contributed by atoms with Gasteiger partial charge in [-0.25, -0.2) is 0 Å². The van der Waals surface area contributed by atoms with Gasteiger partial charge in [0.15, 0.2) is 0 Å². The molecule has 84 valence electrons. The first kappa shape index (κ1) is 13.4. The summed E-state index contributed by atoms with van der Waals surface area (Å²) < 4.78 is 4.71. The van der Waals surface area contributed by atoms with Gasteiger partial charge in [-0.3, -0.25) is 4.79 Å². The molecule has 0 radical (unpaired) electrons.